The Hall–Kier alpha value is -2.34. The van der Waals surface area contributed by atoms with Gasteiger partial charge in [0.25, 0.3) is 0 Å². The molecule has 0 radical (unpaired) electrons. The average Bonchev–Trinajstić information content (AvgIpc) is 2.85. The van der Waals surface area contributed by atoms with E-state index < -0.39 is 0 Å². The first kappa shape index (κ1) is 18.0. The second-order valence-corrected chi connectivity index (χ2v) is 7.12. The van der Waals surface area contributed by atoms with E-state index in [2.05, 4.69) is 10.6 Å². The smallest absolute Gasteiger partial charge is 0.162 e. The van der Waals surface area contributed by atoms with Crippen molar-refractivity contribution in [3.63, 3.8) is 0 Å². The Morgan fingerprint density at radius 2 is 1.81 bits per heavy atom. The molecule has 138 valence electrons. The molecule has 0 unspecified atom stereocenters. The van der Waals surface area contributed by atoms with Crippen molar-refractivity contribution in [2.24, 2.45) is 0 Å². The van der Waals surface area contributed by atoms with Crippen molar-refractivity contribution in [1.82, 2.24) is 9.97 Å². The van der Waals surface area contributed by atoms with Crippen LogP contribution in [0.4, 0.5) is 11.5 Å². The first-order valence-electron chi connectivity index (χ1n) is 8.71. The molecule has 0 fully saturated rings. The Morgan fingerprint density at radius 1 is 1.04 bits per heavy atom. The summed E-state index contributed by atoms with van der Waals surface area (Å²) >= 11 is 12.2. The van der Waals surface area contributed by atoms with Crippen LogP contribution in [0.25, 0.3) is 22.6 Å². The highest BCUT2D eigenvalue weighted by Crippen LogP contribution is 2.37. The molecule has 0 amide bonds. The van der Waals surface area contributed by atoms with Crippen molar-refractivity contribution in [3.8, 4) is 22.6 Å². The van der Waals surface area contributed by atoms with Gasteiger partial charge in [0.1, 0.15) is 5.82 Å². The Bertz CT molecular complexity index is 976. The Balaban J connectivity index is 1.92. The molecule has 5 nitrogen and oxygen atoms in total. The van der Waals surface area contributed by atoms with E-state index in [0.717, 1.165) is 46.9 Å². The normalized spacial score (nSPS) is 12.6. The number of aliphatic hydroxyl groups excluding tert-OH is 1. The van der Waals surface area contributed by atoms with Gasteiger partial charge in [-0.2, -0.15) is 0 Å². The van der Waals surface area contributed by atoms with Crippen LogP contribution < -0.4 is 10.6 Å². The van der Waals surface area contributed by atoms with E-state index in [1.807, 2.05) is 42.5 Å². The molecule has 0 aliphatic carbocycles. The molecule has 3 aromatic rings. The Kier molecular flexibility index (Phi) is 5.16. The van der Waals surface area contributed by atoms with Crippen molar-refractivity contribution in [2.75, 3.05) is 30.3 Å². The summed E-state index contributed by atoms with van der Waals surface area (Å²) in [5, 5.41) is 17.2. The third-order valence-corrected chi connectivity index (χ3v) is 4.93. The number of aromatic nitrogens is 2. The van der Waals surface area contributed by atoms with Crippen LogP contribution >= 0.6 is 23.2 Å². The van der Waals surface area contributed by atoms with Crippen LogP contribution in [-0.4, -0.2) is 34.8 Å². The van der Waals surface area contributed by atoms with Gasteiger partial charge in [-0.15, -0.1) is 0 Å². The molecule has 0 spiro atoms. The van der Waals surface area contributed by atoms with Gasteiger partial charge in [0.05, 0.1) is 12.3 Å². The number of fused-ring (bicyclic) bond motifs is 3. The minimum atomic E-state index is 0.0273. The lowest BCUT2D eigenvalue weighted by atomic mass is 10.0. The van der Waals surface area contributed by atoms with Crippen LogP contribution in [0, 0.1) is 0 Å². The van der Waals surface area contributed by atoms with E-state index in [1.165, 1.54) is 0 Å². The van der Waals surface area contributed by atoms with Gasteiger partial charge in [0.15, 0.2) is 5.82 Å². The fourth-order valence-corrected chi connectivity index (χ4v) is 3.48. The van der Waals surface area contributed by atoms with Crippen LogP contribution in [0.1, 0.15) is 5.56 Å². The zero-order chi connectivity index (χ0) is 18.8. The lowest BCUT2D eigenvalue weighted by Gasteiger charge is -2.15. The van der Waals surface area contributed by atoms with E-state index in [-0.39, 0.29) is 6.61 Å². The zero-order valence-corrected chi connectivity index (χ0v) is 16.0. The predicted molar refractivity (Wildman–Crippen MR) is 111 cm³/mol. The third kappa shape index (κ3) is 3.72. The number of hydrogen-bond acceptors (Lipinski definition) is 5. The molecule has 0 saturated heterocycles. The monoisotopic (exact) mass is 400 g/mol. The lowest BCUT2D eigenvalue weighted by Crippen LogP contribution is -2.13. The second kappa shape index (κ2) is 7.72. The van der Waals surface area contributed by atoms with Crippen LogP contribution in [-0.2, 0) is 6.42 Å². The number of hydrogen-bond donors (Lipinski definition) is 3. The summed E-state index contributed by atoms with van der Waals surface area (Å²) in [5.41, 5.74) is 4.70. The Morgan fingerprint density at radius 3 is 2.59 bits per heavy atom. The number of nitrogens with one attached hydrogen (secondary N) is 2. The highest BCUT2D eigenvalue weighted by atomic mass is 35.5. The maximum absolute atomic E-state index is 9.24. The molecular formula is C20H18Cl2N4O. The average molecular weight is 401 g/mol. The van der Waals surface area contributed by atoms with Crippen LogP contribution in [0.15, 0.2) is 42.5 Å². The number of benzene rings is 2. The van der Waals surface area contributed by atoms with Gasteiger partial charge in [-0.3, -0.25) is 0 Å². The zero-order valence-electron chi connectivity index (χ0n) is 14.5. The molecule has 3 N–H and O–H groups in total. The molecule has 1 aromatic heterocycles. The maximum atomic E-state index is 9.24. The molecule has 2 aromatic carbocycles. The molecule has 1 aliphatic rings. The number of rotatable bonds is 4. The Labute approximate surface area is 167 Å². The minimum absolute atomic E-state index is 0.0273. The SMILES string of the molecule is OCCNc1nc(-c2ccc(Cl)cc2)nc2c1CCNc1cc(Cl)ccc1-2. The summed E-state index contributed by atoms with van der Waals surface area (Å²) in [6.07, 6.45) is 0.760. The van der Waals surface area contributed by atoms with Gasteiger partial charge in [-0.25, -0.2) is 9.97 Å². The van der Waals surface area contributed by atoms with Crippen molar-refractivity contribution < 1.29 is 5.11 Å². The molecule has 0 bridgehead atoms. The standard InChI is InChI=1S/C20H18Cl2N4O/c21-13-3-1-12(2-4-13)19-25-18-15-6-5-14(22)11-17(15)23-8-7-16(18)20(26-19)24-9-10-27/h1-6,11,23,27H,7-10H2,(H,24,25,26). The summed E-state index contributed by atoms with van der Waals surface area (Å²) in [7, 11) is 0. The quantitative estimate of drug-likeness (QED) is 0.601. The van der Waals surface area contributed by atoms with Gasteiger partial charge >= 0.3 is 0 Å². The number of anilines is 2. The molecule has 4 rings (SSSR count). The topological polar surface area (TPSA) is 70.1 Å². The lowest BCUT2D eigenvalue weighted by molar-refractivity contribution is 0.311. The van der Waals surface area contributed by atoms with E-state index >= 15 is 0 Å². The summed E-state index contributed by atoms with van der Waals surface area (Å²) in [5.74, 6) is 1.34. The summed E-state index contributed by atoms with van der Waals surface area (Å²) in [4.78, 5) is 9.60. The van der Waals surface area contributed by atoms with Gasteiger partial charge in [-0.1, -0.05) is 23.2 Å². The van der Waals surface area contributed by atoms with Gasteiger partial charge in [-0.05, 0) is 48.9 Å². The molecule has 0 atom stereocenters. The summed E-state index contributed by atoms with van der Waals surface area (Å²) in [6, 6.07) is 13.2. The van der Waals surface area contributed by atoms with Crippen molar-refractivity contribution in [1.29, 1.82) is 0 Å². The van der Waals surface area contributed by atoms with Gasteiger partial charge in [0, 0.05) is 45.5 Å². The molecule has 27 heavy (non-hydrogen) atoms. The van der Waals surface area contributed by atoms with E-state index in [4.69, 9.17) is 33.2 Å². The number of halogens is 2. The van der Waals surface area contributed by atoms with Gasteiger partial charge < -0.3 is 15.7 Å². The fourth-order valence-electron chi connectivity index (χ4n) is 3.18. The maximum Gasteiger partial charge on any atom is 0.162 e. The molecular weight excluding hydrogens is 383 g/mol. The van der Waals surface area contributed by atoms with E-state index in [1.54, 1.807) is 0 Å². The van der Waals surface area contributed by atoms with Crippen LogP contribution in [0.3, 0.4) is 0 Å². The number of nitrogens with zero attached hydrogens (tertiary/aromatic N) is 2. The largest absolute Gasteiger partial charge is 0.395 e. The van der Waals surface area contributed by atoms with E-state index in [0.29, 0.717) is 22.4 Å². The van der Waals surface area contributed by atoms with Crippen LogP contribution in [0.5, 0.6) is 0 Å². The van der Waals surface area contributed by atoms with Gasteiger partial charge in [0.2, 0.25) is 0 Å². The van der Waals surface area contributed by atoms with Crippen molar-refractivity contribution >= 4 is 34.7 Å². The first-order valence-corrected chi connectivity index (χ1v) is 9.46. The fraction of sp³-hybridized carbons (Fsp3) is 0.200. The number of aliphatic hydroxyl groups is 1. The summed E-state index contributed by atoms with van der Waals surface area (Å²) in [6.45, 7) is 1.20. The van der Waals surface area contributed by atoms with Crippen molar-refractivity contribution in [3.05, 3.63) is 58.1 Å². The minimum Gasteiger partial charge on any atom is -0.395 e. The predicted octanol–water partition coefficient (Wildman–Crippen LogP) is 4.49. The highest BCUT2D eigenvalue weighted by molar-refractivity contribution is 6.31. The molecule has 2 heterocycles. The third-order valence-electron chi connectivity index (χ3n) is 4.44. The van der Waals surface area contributed by atoms with E-state index in [9.17, 15) is 5.11 Å². The van der Waals surface area contributed by atoms with Crippen molar-refractivity contribution in [2.45, 2.75) is 6.42 Å². The molecule has 1 aliphatic heterocycles. The first-order chi connectivity index (χ1) is 13.2. The highest BCUT2D eigenvalue weighted by Gasteiger charge is 2.21. The molecule has 0 saturated carbocycles. The molecule has 7 heteroatoms. The van der Waals surface area contributed by atoms with Crippen LogP contribution in [0.2, 0.25) is 10.0 Å². The summed E-state index contributed by atoms with van der Waals surface area (Å²) < 4.78 is 0. The second-order valence-electron chi connectivity index (χ2n) is 6.25.